The predicted octanol–water partition coefficient (Wildman–Crippen LogP) is 1.12. The molecule has 0 aromatic carbocycles. The molecule has 1 aliphatic carbocycles. The quantitative estimate of drug-likeness (QED) is 0.709. The largest absolute Gasteiger partial charge is 0.378 e. The number of nitrogens with one attached hydrogen (secondary N) is 1. The number of carbonyl (C=O) groups is 1. The third kappa shape index (κ3) is 5.52. The molecule has 1 aliphatic heterocycles. The molecule has 2 rings (SSSR count). The number of hydrogen-bond acceptors (Lipinski definition) is 4. The van der Waals surface area contributed by atoms with Gasteiger partial charge in [-0.2, -0.15) is 0 Å². The highest BCUT2D eigenvalue weighted by Crippen LogP contribution is 2.21. The van der Waals surface area contributed by atoms with E-state index >= 15 is 0 Å². The van der Waals surface area contributed by atoms with Gasteiger partial charge in [0.05, 0.1) is 18.3 Å². The van der Waals surface area contributed by atoms with Crippen molar-refractivity contribution in [2.24, 2.45) is 5.92 Å². The number of ether oxygens (including phenoxy) is 1. The molecule has 1 amide bonds. The number of piperidine rings is 1. The zero-order valence-corrected chi connectivity index (χ0v) is 14.2. The van der Waals surface area contributed by atoms with Crippen LogP contribution in [0.4, 0.5) is 0 Å². The van der Waals surface area contributed by atoms with Crippen LogP contribution in [0.25, 0.3) is 0 Å². The molecule has 0 unspecified atom stereocenters. The maximum absolute atomic E-state index is 12.1. The minimum absolute atomic E-state index is 0.0331. The summed E-state index contributed by atoms with van der Waals surface area (Å²) in [5.74, 6) is -0.256. The lowest BCUT2D eigenvalue weighted by atomic mass is 9.99. The Morgan fingerprint density at radius 2 is 1.95 bits per heavy atom. The molecule has 1 heterocycles. The normalized spacial score (nSPS) is 24.5. The van der Waals surface area contributed by atoms with Crippen LogP contribution < -0.4 is 5.32 Å². The highest BCUT2D eigenvalue weighted by molar-refractivity contribution is 7.88. The molecule has 0 aromatic heterocycles. The molecule has 0 bridgehead atoms. The van der Waals surface area contributed by atoms with Crippen molar-refractivity contribution in [1.29, 1.82) is 0 Å². The minimum atomic E-state index is -3.20. The zero-order chi connectivity index (χ0) is 16.0. The van der Waals surface area contributed by atoms with Gasteiger partial charge >= 0.3 is 0 Å². The molecule has 6 nitrogen and oxygen atoms in total. The van der Waals surface area contributed by atoms with E-state index in [1.54, 1.807) is 0 Å². The van der Waals surface area contributed by atoms with Crippen molar-refractivity contribution in [3.8, 4) is 0 Å². The Morgan fingerprint density at radius 3 is 2.64 bits per heavy atom. The summed E-state index contributed by atoms with van der Waals surface area (Å²) in [6.45, 7) is 2.12. The minimum Gasteiger partial charge on any atom is -0.378 e. The molecule has 1 atom stereocenters. The van der Waals surface area contributed by atoms with Crippen molar-refractivity contribution in [3.05, 3.63) is 0 Å². The Hall–Kier alpha value is -0.660. The Morgan fingerprint density at radius 1 is 1.23 bits per heavy atom. The van der Waals surface area contributed by atoms with E-state index in [9.17, 15) is 13.2 Å². The van der Waals surface area contributed by atoms with Gasteiger partial charge in [0.15, 0.2) is 0 Å². The topological polar surface area (TPSA) is 75.7 Å². The lowest BCUT2D eigenvalue weighted by Crippen LogP contribution is -2.45. The van der Waals surface area contributed by atoms with Crippen LogP contribution in [0.15, 0.2) is 0 Å². The van der Waals surface area contributed by atoms with E-state index in [0.717, 1.165) is 32.1 Å². The van der Waals surface area contributed by atoms with E-state index in [4.69, 9.17) is 4.74 Å². The van der Waals surface area contributed by atoms with Crippen molar-refractivity contribution >= 4 is 15.9 Å². The first-order valence-electron chi connectivity index (χ1n) is 8.31. The van der Waals surface area contributed by atoms with Gasteiger partial charge in [0.25, 0.3) is 0 Å². The molecule has 128 valence electrons. The van der Waals surface area contributed by atoms with Gasteiger partial charge in [-0.15, -0.1) is 0 Å². The summed E-state index contributed by atoms with van der Waals surface area (Å²) in [5.41, 5.74) is 0. The van der Waals surface area contributed by atoms with Crippen molar-refractivity contribution < 1.29 is 17.9 Å². The van der Waals surface area contributed by atoms with Crippen LogP contribution in [0.2, 0.25) is 0 Å². The Labute approximate surface area is 133 Å². The van der Waals surface area contributed by atoms with Crippen LogP contribution in [0, 0.1) is 5.92 Å². The number of amides is 1. The van der Waals surface area contributed by atoms with Crippen molar-refractivity contribution in [2.75, 3.05) is 32.5 Å². The van der Waals surface area contributed by atoms with Gasteiger partial charge in [-0.1, -0.05) is 12.8 Å². The Kier molecular flexibility index (Phi) is 6.65. The van der Waals surface area contributed by atoms with Gasteiger partial charge in [0.2, 0.25) is 15.9 Å². The molecule has 7 heteroatoms. The molecule has 1 saturated heterocycles. The van der Waals surface area contributed by atoms with E-state index in [1.807, 2.05) is 0 Å². The van der Waals surface area contributed by atoms with Gasteiger partial charge in [0.1, 0.15) is 0 Å². The highest BCUT2D eigenvalue weighted by atomic mass is 32.2. The average Bonchev–Trinajstić information content (AvgIpc) is 2.99. The summed E-state index contributed by atoms with van der Waals surface area (Å²) in [5, 5.41) is 2.91. The third-order valence-corrected chi connectivity index (χ3v) is 5.77. The van der Waals surface area contributed by atoms with Gasteiger partial charge in [-0.3, -0.25) is 4.79 Å². The van der Waals surface area contributed by atoms with Crippen LogP contribution >= 0.6 is 0 Å². The average molecular weight is 332 g/mol. The second kappa shape index (κ2) is 8.26. The van der Waals surface area contributed by atoms with Gasteiger partial charge in [-0.05, 0) is 32.1 Å². The number of rotatable bonds is 7. The van der Waals surface area contributed by atoms with Crippen molar-refractivity contribution in [1.82, 2.24) is 9.62 Å². The maximum atomic E-state index is 12.1. The third-order valence-electron chi connectivity index (χ3n) is 4.50. The van der Waals surface area contributed by atoms with Crippen molar-refractivity contribution in [3.63, 3.8) is 0 Å². The lowest BCUT2D eigenvalue weighted by Gasteiger charge is -2.30. The summed E-state index contributed by atoms with van der Waals surface area (Å²) in [6.07, 6.45) is 8.79. The SMILES string of the molecule is CS(=O)(=O)N1CCC[C@@H](C(=O)NCCCOC2CCCC2)C1. The number of hydrogen-bond donors (Lipinski definition) is 1. The van der Waals surface area contributed by atoms with Crippen molar-refractivity contribution in [2.45, 2.75) is 51.0 Å². The van der Waals surface area contributed by atoms with Gasteiger partial charge < -0.3 is 10.1 Å². The van der Waals surface area contributed by atoms with Crippen LogP contribution in [-0.2, 0) is 19.6 Å². The number of carbonyl (C=O) groups excluding carboxylic acids is 1. The number of sulfonamides is 1. The predicted molar refractivity (Wildman–Crippen MR) is 85.0 cm³/mol. The molecular formula is C15H28N2O4S. The number of nitrogens with zero attached hydrogens (tertiary/aromatic N) is 1. The first-order valence-corrected chi connectivity index (χ1v) is 10.2. The van der Waals surface area contributed by atoms with Crippen LogP contribution in [0.5, 0.6) is 0 Å². The summed E-state index contributed by atoms with van der Waals surface area (Å²) in [4.78, 5) is 12.1. The van der Waals surface area contributed by atoms with E-state index in [-0.39, 0.29) is 11.8 Å². The molecule has 2 fully saturated rings. The van der Waals surface area contributed by atoms with Crippen LogP contribution in [-0.4, -0.2) is 57.2 Å². The first kappa shape index (κ1) is 17.7. The van der Waals surface area contributed by atoms with Crippen LogP contribution in [0.1, 0.15) is 44.9 Å². The fraction of sp³-hybridized carbons (Fsp3) is 0.933. The molecule has 1 N–H and O–H groups in total. The van der Waals surface area contributed by atoms with E-state index in [2.05, 4.69) is 5.32 Å². The summed E-state index contributed by atoms with van der Waals surface area (Å²) in [6, 6.07) is 0. The molecule has 0 aromatic rings. The summed E-state index contributed by atoms with van der Waals surface area (Å²) < 4.78 is 30.3. The summed E-state index contributed by atoms with van der Waals surface area (Å²) in [7, 11) is -3.20. The maximum Gasteiger partial charge on any atom is 0.224 e. The Balaban J connectivity index is 1.62. The van der Waals surface area contributed by atoms with Crippen LogP contribution in [0.3, 0.4) is 0 Å². The first-order chi connectivity index (χ1) is 10.5. The molecule has 0 spiro atoms. The van der Waals surface area contributed by atoms with Gasteiger partial charge in [-0.25, -0.2) is 12.7 Å². The van der Waals surface area contributed by atoms with E-state index < -0.39 is 10.0 Å². The molecular weight excluding hydrogens is 304 g/mol. The second-order valence-corrected chi connectivity index (χ2v) is 8.36. The fourth-order valence-corrected chi connectivity index (χ4v) is 4.10. The summed E-state index contributed by atoms with van der Waals surface area (Å²) >= 11 is 0. The Bertz CT molecular complexity index is 460. The van der Waals surface area contributed by atoms with Gasteiger partial charge in [0, 0.05) is 26.2 Å². The van der Waals surface area contributed by atoms with E-state index in [0.29, 0.717) is 32.3 Å². The standard InChI is InChI=1S/C15H28N2O4S/c1-22(19,20)17-10-4-6-13(12-17)15(18)16-9-5-11-21-14-7-2-3-8-14/h13-14H,2-12H2,1H3,(H,16,18)/t13-/m1/s1. The monoisotopic (exact) mass is 332 g/mol. The second-order valence-electron chi connectivity index (χ2n) is 6.38. The molecule has 1 saturated carbocycles. The van der Waals surface area contributed by atoms with E-state index in [1.165, 1.54) is 23.4 Å². The molecule has 2 aliphatic rings. The molecule has 0 radical (unpaired) electrons. The molecule has 22 heavy (non-hydrogen) atoms. The zero-order valence-electron chi connectivity index (χ0n) is 13.4. The lowest BCUT2D eigenvalue weighted by molar-refractivity contribution is -0.126. The smallest absolute Gasteiger partial charge is 0.224 e. The highest BCUT2D eigenvalue weighted by Gasteiger charge is 2.29. The fourth-order valence-electron chi connectivity index (χ4n) is 3.19.